The van der Waals surface area contributed by atoms with Gasteiger partial charge in [0.15, 0.2) is 0 Å². The maximum absolute atomic E-state index is 11.4. The molecule has 80 valence electrons. The first-order chi connectivity index (χ1) is 6.81. The second kappa shape index (κ2) is 5.09. The van der Waals surface area contributed by atoms with Crippen molar-refractivity contribution in [3.8, 4) is 0 Å². The summed E-state index contributed by atoms with van der Waals surface area (Å²) in [5.41, 5.74) is 0.512. The molecule has 0 unspecified atom stereocenters. The van der Waals surface area contributed by atoms with Crippen LogP contribution in [0.25, 0.3) is 10.2 Å². The summed E-state index contributed by atoms with van der Waals surface area (Å²) in [6.45, 7) is 2.18. The minimum Gasteiger partial charge on any atom is -0.462 e. The van der Waals surface area contributed by atoms with Gasteiger partial charge in [0.05, 0.1) is 12.2 Å². The third-order valence-electron chi connectivity index (χ3n) is 1.82. The van der Waals surface area contributed by atoms with Gasteiger partial charge in [0.1, 0.15) is 4.83 Å². The van der Waals surface area contributed by atoms with E-state index in [9.17, 15) is 4.79 Å². The Labute approximate surface area is 97.5 Å². The number of halogens is 1. The highest BCUT2D eigenvalue weighted by Gasteiger charge is 2.07. The molecule has 0 atom stereocenters. The van der Waals surface area contributed by atoms with E-state index in [1.54, 1.807) is 30.5 Å². The van der Waals surface area contributed by atoms with Crippen LogP contribution in [0.1, 0.15) is 17.3 Å². The molecule has 0 bridgehead atoms. The summed E-state index contributed by atoms with van der Waals surface area (Å²) in [6, 6.07) is 3.74. The average Bonchev–Trinajstić information content (AvgIpc) is 2.64. The Hall–Kier alpha value is -1.13. The van der Waals surface area contributed by atoms with Crippen molar-refractivity contribution in [1.29, 1.82) is 0 Å². The summed E-state index contributed by atoms with van der Waals surface area (Å²) in [6.07, 6.45) is 1.55. The van der Waals surface area contributed by atoms with Gasteiger partial charge in [-0.25, -0.2) is 9.78 Å². The van der Waals surface area contributed by atoms with Crippen molar-refractivity contribution >= 4 is 39.9 Å². The Balaban J connectivity index is 0.00000112. The molecule has 0 aliphatic rings. The molecule has 5 heteroatoms. The Morgan fingerprint density at radius 3 is 3.13 bits per heavy atom. The number of hydrogen-bond acceptors (Lipinski definition) is 4. The predicted octanol–water partition coefficient (Wildman–Crippen LogP) is 2.89. The molecule has 0 saturated carbocycles. The largest absolute Gasteiger partial charge is 0.462 e. The Bertz CT molecular complexity index is 469. The fourth-order valence-electron chi connectivity index (χ4n) is 1.18. The molecule has 2 aromatic heterocycles. The normalized spacial score (nSPS) is 9.67. The number of carbonyl (C=O) groups excluding carboxylic acids is 1. The van der Waals surface area contributed by atoms with Crippen molar-refractivity contribution in [3.05, 3.63) is 29.3 Å². The molecule has 0 aliphatic heterocycles. The van der Waals surface area contributed by atoms with E-state index in [0.717, 1.165) is 10.2 Å². The Morgan fingerprint density at radius 2 is 2.40 bits per heavy atom. The van der Waals surface area contributed by atoms with Crippen LogP contribution in [0.15, 0.2) is 23.7 Å². The Kier molecular flexibility index (Phi) is 4.05. The van der Waals surface area contributed by atoms with E-state index in [0.29, 0.717) is 12.2 Å². The summed E-state index contributed by atoms with van der Waals surface area (Å²) < 4.78 is 4.88. The number of thiophene rings is 1. The van der Waals surface area contributed by atoms with E-state index < -0.39 is 0 Å². The number of fused-ring (bicyclic) bond motifs is 1. The number of hydrogen-bond donors (Lipinski definition) is 0. The number of pyridine rings is 1. The van der Waals surface area contributed by atoms with Crippen molar-refractivity contribution in [2.24, 2.45) is 0 Å². The van der Waals surface area contributed by atoms with E-state index >= 15 is 0 Å². The third kappa shape index (κ3) is 2.46. The molecule has 2 rings (SSSR count). The molecule has 0 aliphatic carbocycles. The van der Waals surface area contributed by atoms with Gasteiger partial charge in [-0.1, -0.05) is 0 Å². The van der Waals surface area contributed by atoms with E-state index in [-0.39, 0.29) is 18.4 Å². The molecule has 0 spiro atoms. The molecule has 0 aromatic carbocycles. The van der Waals surface area contributed by atoms with Gasteiger partial charge in [0.25, 0.3) is 0 Å². The van der Waals surface area contributed by atoms with Gasteiger partial charge in [0, 0.05) is 11.6 Å². The minimum atomic E-state index is -0.312. The van der Waals surface area contributed by atoms with E-state index in [1.165, 1.54) is 0 Å². The summed E-state index contributed by atoms with van der Waals surface area (Å²) in [7, 11) is 0. The highest BCUT2D eigenvalue weighted by Crippen LogP contribution is 2.19. The number of ether oxygens (including phenoxy) is 1. The van der Waals surface area contributed by atoms with Crippen LogP contribution in [0.5, 0.6) is 0 Å². The van der Waals surface area contributed by atoms with Gasteiger partial charge in [-0.05, 0) is 24.4 Å². The maximum Gasteiger partial charge on any atom is 0.339 e. The molecule has 0 radical (unpaired) electrons. The highest BCUT2D eigenvalue weighted by molar-refractivity contribution is 7.16. The topological polar surface area (TPSA) is 39.2 Å². The van der Waals surface area contributed by atoms with Crippen molar-refractivity contribution < 1.29 is 9.53 Å². The lowest BCUT2D eigenvalue weighted by Crippen LogP contribution is -2.04. The van der Waals surface area contributed by atoms with Crippen molar-refractivity contribution in [2.75, 3.05) is 6.61 Å². The molecule has 2 heterocycles. The van der Waals surface area contributed by atoms with Crippen LogP contribution in [0, 0.1) is 0 Å². The van der Waals surface area contributed by atoms with Crippen LogP contribution in [-0.4, -0.2) is 17.6 Å². The number of carbonyl (C=O) groups is 1. The van der Waals surface area contributed by atoms with Crippen LogP contribution >= 0.6 is 23.7 Å². The smallest absolute Gasteiger partial charge is 0.339 e. The zero-order chi connectivity index (χ0) is 9.97. The number of nitrogens with zero attached hydrogens (tertiary/aromatic N) is 1. The quantitative estimate of drug-likeness (QED) is 0.762. The highest BCUT2D eigenvalue weighted by atomic mass is 35.5. The lowest BCUT2D eigenvalue weighted by molar-refractivity contribution is 0.0526. The van der Waals surface area contributed by atoms with Gasteiger partial charge in [0.2, 0.25) is 0 Å². The monoisotopic (exact) mass is 243 g/mol. The second-order valence-electron chi connectivity index (χ2n) is 2.76. The molecule has 0 fully saturated rings. The fourth-order valence-corrected chi connectivity index (χ4v) is 1.91. The molecule has 3 nitrogen and oxygen atoms in total. The summed E-state index contributed by atoms with van der Waals surface area (Å²) in [5.74, 6) is -0.312. The first kappa shape index (κ1) is 11.9. The number of rotatable bonds is 2. The predicted molar refractivity (Wildman–Crippen MR) is 62.8 cm³/mol. The summed E-state index contributed by atoms with van der Waals surface area (Å²) >= 11 is 1.56. The molecular weight excluding hydrogens is 234 g/mol. The van der Waals surface area contributed by atoms with Gasteiger partial charge < -0.3 is 4.74 Å². The van der Waals surface area contributed by atoms with Crippen molar-refractivity contribution in [3.63, 3.8) is 0 Å². The van der Waals surface area contributed by atoms with Gasteiger partial charge in [-0.2, -0.15) is 0 Å². The van der Waals surface area contributed by atoms with Crippen molar-refractivity contribution in [1.82, 2.24) is 4.98 Å². The van der Waals surface area contributed by atoms with Crippen LogP contribution in [0.2, 0.25) is 0 Å². The van der Waals surface area contributed by atoms with Gasteiger partial charge in [-0.3, -0.25) is 0 Å². The van der Waals surface area contributed by atoms with Gasteiger partial charge >= 0.3 is 5.97 Å². The average molecular weight is 244 g/mol. The number of esters is 1. The zero-order valence-corrected chi connectivity index (χ0v) is 9.73. The van der Waals surface area contributed by atoms with Crippen LogP contribution in [-0.2, 0) is 4.74 Å². The van der Waals surface area contributed by atoms with Crippen LogP contribution in [0.3, 0.4) is 0 Å². The second-order valence-corrected chi connectivity index (χ2v) is 3.65. The minimum absolute atomic E-state index is 0. The van der Waals surface area contributed by atoms with Crippen LogP contribution < -0.4 is 0 Å². The first-order valence-corrected chi connectivity index (χ1v) is 5.19. The molecule has 15 heavy (non-hydrogen) atoms. The van der Waals surface area contributed by atoms with Crippen molar-refractivity contribution in [2.45, 2.75) is 6.92 Å². The summed E-state index contributed by atoms with van der Waals surface area (Å²) in [5, 5.41) is 2.94. The SMILES string of the molecule is CCOC(=O)c1cnc2sccc2c1.Cl. The van der Waals surface area contributed by atoms with Gasteiger partial charge in [-0.15, -0.1) is 23.7 Å². The lowest BCUT2D eigenvalue weighted by Gasteiger charge is -2.00. The Morgan fingerprint density at radius 1 is 1.60 bits per heavy atom. The molecule has 0 saturated heterocycles. The van der Waals surface area contributed by atoms with E-state index in [1.807, 2.05) is 11.4 Å². The fraction of sp³-hybridized carbons (Fsp3) is 0.200. The number of aromatic nitrogens is 1. The first-order valence-electron chi connectivity index (χ1n) is 4.31. The maximum atomic E-state index is 11.4. The standard InChI is InChI=1S/C10H9NO2S.ClH/c1-2-13-10(12)8-5-7-3-4-14-9(7)11-6-8;/h3-6H,2H2,1H3;1H. The molecule has 0 amide bonds. The third-order valence-corrected chi connectivity index (χ3v) is 2.65. The van der Waals surface area contributed by atoms with E-state index in [4.69, 9.17) is 4.74 Å². The lowest BCUT2D eigenvalue weighted by atomic mass is 10.2. The van der Waals surface area contributed by atoms with Crippen LogP contribution in [0.4, 0.5) is 0 Å². The molecule has 2 aromatic rings. The van der Waals surface area contributed by atoms with E-state index in [2.05, 4.69) is 4.98 Å². The summed E-state index contributed by atoms with van der Waals surface area (Å²) in [4.78, 5) is 16.5. The molecule has 0 N–H and O–H groups in total. The molecular formula is C10H10ClNO2S. The zero-order valence-electron chi connectivity index (χ0n) is 8.10.